The van der Waals surface area contributed by atoms with E-state index in [1.165, 1.54) is 25.7 Å². The van der Waals surface area contributed by atoms with Crippen LogP contribution >= 0.6 is 0 Å². The second kappa shape index (κ2) is 8.07. The number of nitrogens with zero attached hydrogens (tertiary/aromatic N) is 3. The summed E-state index contributed by atoms with van der Waals surface area (Å²) in [6, 6.07) is -0.326. The monoisotopic (exact) mass is 337 g/mol. The van der Waals surface area contributed by atoms with Crippen molar-refractivity contribution in [3.05, 3.63) is 11.8 Å². The molecule has 1 amide bonds. The third-order valence-electron chi connectivity index (χ3n) is 4.78. The van der Waals surface area contributed by atoms with Crippen LogP contribution in [0.25, 0.3) is 0 Å². The Morgan fingerprint density at radius 1 is 1.25 bits per heavy atom. The van der Waals surface area contributed by atoms with E-state index in [9.17, 15) is 4.79 Å². The number of morpholine rings is 1. The predicted molar refractivity (Wildman–Crippen MR) is 86.3 cm³/mol. The Kier molecular flexibility index (Phi) is 5.84. The molecular weight excluding hydrogens is 310 g/mol. The number of ether oxygens (including phenoxy) is 2. The van der Waals surface area contributed by atoms with Crippen molar-refractivity contribution in [1.29, 1.82) is 0 Å². The Hall–Kier alpha value is -1.47. The molecule has 2 heterocycles. The van der Waals surface area contributed by atoms with Crippen molar-refractivity contribution in [3.63, 3.8) is 0 Å². The first kappa shape index (κ1) is 17.4. The molecule has 1 aromatic rings. The van der Waals surface area contributed by atoms with Crippen LogP contribution in [0.5, 0.6) is 0 Å². The van der Waals surface area contributed by atoms with Gasteiger partial charge in [-0.25, -0.2) is 0 Å². The number of carbonyl (C=O) groups excluding carboxylic acids is 1. The minimum absolute atomic E-state index is 0.0246. The number of carbonyl (C=O) groups is 1. The Bertz CT molecular complexity index is 540. The van der Waals surface area contributed by atoms with Gasteiger partial charge in [0.05, 0.1) is 19.3 Å². The van der Waals surface area contributed by atoms with Crippen LogP contribution in [0.3, 0.4) is 0 Å². The highest BCUT2D eigenvalue weighted by molar-refractivity contribution is 5.81. The predicted octanol–water partition coefficient (Wildman–Crippen LogP) is 2.41. The van der Waals surface area contributed by atoms with Crippen LogP contribution in [0, 0.1) is 6.92 Å². The first-order valence-corrected chi connectivity index (χ1v) is 8.99. The van der Waals surface area contributed by atoms with Crippen LogP contribution in [0.15, 0.2) is 4.42 Å². The number of rotatable bonds is 4. The van der Waals surface area contributed by atoms with Gasteiger partial charge in [-0.3, -0.25) is 4.79 Å². The molecule has 1 saturated carbocycles. The molecule has 1 aliphatic heterocycles. The Morgan fingerprint density at radius 3 is 2.67 bits per heavy atom. The summed E-state index contributed by atoms with van der Waals surface area (Å²) in [5, 5.41) is 7.92. The zero-order chi connectivity index (χ0) is 16.9. The average molecular weight is 337 g/mol. The van der Waals surface area contributed by atoms with Crippen LogP contribution in [-0.4, -0.2) is 53.0 Å². The summed E-state index contributed by atoms with van der Waals surface area (Å²) in [4.78, 5) is 14.7. The molecule has 1 aromatic heterocycles. The Morgan fingerprint density at radius 2 is 2.00 bits per heavy atom. The highest BCUT2D eigenvalue weighted by atomic mass is 16.5. The van der Waals surface area contributed by atoms with Gasteiger partial charge >= 0.3 is 0 Å². The molecule has 2 aliphatic rings. The van der Waals surface area contributed by atoms with Gasteiger partial charge in [-0.05, 0) is 19.8 Å². The summed E-state index contributed by atoms with van der Waals surface area (Å²) in [7, 11) is 0. The normalized spacial score (nSPS) is 24.6. The summed E-state index contributed by atoms with van der Waals surface area (Å²) in [5.41, 5.74) is 0. The van der Waals surface area contributed by atoms with Crippen LogP contribution in [0.1, 0.15) is 63.3 Å². The van der Waals surface area contributed by atoms with Gasteiger partial charge in [0, 0.05) is 13.5 Å². The molecule has 24 heavy (non-hydrogen) atoms. The molecule has 0 N–H and O–H groups in total. The van der Waals surface area contributed by atoms with Gasteiger partial charge in [-0.15, -0.1) is 10.2 Å². The van der Waals surface area contributed by atoms with E-state index in [0.29, 0.717) is 31.5 Å². The third kappa shape index (κ3) is 4.13. The van der Waals surface area contributed by atoms with Gasteiger partial charge in [-0.2, -0.15) is 0 Å². The van der Waals surface area contributed by atoms with E-state index in [0.717, 1.165) is 12.8 Å². The van der Waals surface area contributed by atoms with E-state index < -0.39 is 6.10 Å². The lowest BCUT2D eigenvalue weighted by atomic mass is 10.1. The second-order valence-corrected chi connectivity index (χ2v) is 6.67. The van der Waals surface area contributed by atoms with E-state index >= 15 is 0 Å². The molecule has 3 rings (SSSR count). The van der Waals surface area contributed by atoms with Crippen molar-refractivity contribution >= 4 is 5.91 Å². The maximum absolute atomic E-state index is 12.9. The zero-order valence-corrected chi connectivity index (χ0v) is 14.6. The summed E-state index contributed by atoms with van der Waals surface area (Å²) >= 11 is 0. The molecule has 0 radical (unpaired) electrons. The standard InChI is InChI=1S/C17H27N3O4/c1-12(23-14-7-5-3-4-6-8-14)17(21)20-9-10-22-11-15(20)16-19-18-13(2)24-16/h12,14-15H,3-11H2,1-2H3/t12-,15+/m1/s1. The van der Waals surface area contributed by atoms with Crippen LogP contribution in [-0.2, 0) is 14.3 Å². The summed E-state index contributed by atoms with van der Waals surface area (Å²) in [5.74, 6) is 0.899. The fourth-order valence-corrected chi connectivity index (χ4v) is 3.48. The molecule has 7 nitrogen and oxygen atoms in total. The Balaban J connectivity index is 1.64. The van der Waals surface area contributed by atoms with Gasteiger partial charge in [0.1, 0.15) is 12.1 Å². The number of aromatic nitrogens is 2. The van der Waals surface area contributed by atoms with Gasteiger partial charge in [0.15, 0.2) is 0 Å². The zero-order valence-electron chi connectivity index (χ0n) is 14.6. The lowest BCUT2D eigenvalue weighted by molar-refractivity contribution is -0.156. The number of hydrogen-bond acceptors (Lipinski definition) is 6. The van der Waals surface area contributed by atoms with Crippen molar-refractivity contribution in [1.82, 2.24) is 15.1 Å². The largest absolute Gasteiger partial charge is 0.423 e. The highest BCUT2D eigenvalue weighted by Gasteiger charge is 2.35. The molecule has 7 heteroatoms. The minimum atomic E-state index is -0.460. The summed E-state index contributed by atoms with van der Waals surface area (Å²) in [6.07, 6.45) is 6.74. The van der Waals surface area contributed by atoms with Crippen LogP contribution < -0.4 is 0 Å². The second-order valence-electron chi connectivity index (χ2n) is 6.67. The summed E-state index contributed by atoms with van der Waals surface area (Å²) < 4.78 is 17.1. The molecule has 1 aliphatic carbocycles. The fourth-order valence-electron chi connectivity index (χ4n) is 3.48. The van der Waals surface area contributed by atoms with E-state index in [2.05, 4.69) is 10.2 Å². The van der Waals surface area contributed by atoms with Gasteiger partial charge in [0.25, 0.3) is 5.91 Å². The van der Waals surface area contributed by atoms with E-state index in [-0.39, 0.29) is 18.1 Å². The number of amides is 1. The van der Waals surface area contributed by atoms with Crippen LogP contribution in [0.2, 0.25) is 0 Å². The molecule has 2 atom stereocenters. The first-order valence-electron chi connectivity index (χ1n) is 8.99. The molecule has 0 unspecified atom stereocenters. The maximum Gasteiger partial charge on any atom is 0.252 e. The molecule has 2 fully saturated rings. The quantitative estimate of drug-likeness (QED) is 0.785. The lowest BCUT2D eigenvalue weighted by Crippen LogP contribution is -2.48. The van der Waals surface area contributed by atoms with E-state index in [1.807, 2.05) is 6.92 Å². The van der Waals surface area contributed by atoms with Crippen molar-refractivity contribution < 1.29 is 18.7 Å². The maximum atomic E-state index is 12.9. The fraction of sp³-hybridized carbons (Fsp3) is 0.824. The number of hydrogen-bond donors (Lipinski definition) is 0. The van der Waals surface area contributed by atoms with Gasteiger partial charge in [0.2, 0.25) is 11.8 Å². The Labute approximate surface area is 142 Å². The molecule has 1 saturated heterocycles. The topological polar surface area (TPSA) is 77.7 Å². The number of aryl methyl sites for hydroxylation is 1. The van der Waals surface area contributed by atoms with E-state index in [1.54, 1.807) is 11.8 Å². The van der Waals surface area contributed by atoms with Gasteiger partial charge < -0.3 is 18.8 Å². The van der Waals surface area contributed by atoms with Crippen molar-refractivity contribution in [2.75, 3.05) is 19.8 Å². The minimum Gasteiger partial charge on any atom is -0.423 e. The smallest absolute Gasteiger partial charge is 0.252 e. The van der Waals surface area contributed by atoms with Crippen molar-refractivity contribution in [2.45, 2.75) is 70.6 Å². The average Bonchev–Trinajstić information content (AvgIpc) is 2.86. The SMILES string of the molecule is Cc1nnc([C@@H]2COCCN2C(=O)[C@@H](C)OC2CCCCCC2)o1. The molecule has 0 bridgehead atoms. The van der Waals surface area contributed by atoms with Crippen LogP contribution in [0.4, 0.5) is 0 Å². The molecule has 0 aromatic carbocycles. The van der Waals surface area contributed by atoms with Crippen molar-refractivity contribution in [2.24, 2.45) is 0 Å². The van der Waals surface area contributed by atoms with Gasteiger partial charge in [-0.1, -0.05) is 25.7 Å². The lowest BCUT2D eigenvalue weighted by Gasteiger charge is -2.35. The summed E-state index contributed by atoms with van der Waals surface area (Å²) in [6.45, 7) is 5.00. The van der Waals surface area contributed by atoms with Crippen molar-refractivity contribution in [3.8, 4) is 0 Å². The highest BCUT2D eigenvalue weighted by Crippen LogP contribution is 2.26. The first-order chi connectivity index (χ1) is 11.6. The van der Waals surface area contributed by atoms with E-state index in [4.69, 9.17) is 13.9 Å². The molecule has 134 valence electrons. The molecule has 0 spiro atoms. The third-order valence-corrected chi connectivity index (χ3v) is 4.78. The molecular formula is C17H27N3O4.